The van der Waals surface area contributed by atoms with Crippen LogP contribution < -0.4 is 10.6 Å². The van der Waals surface area contributed by atoms with E-state index in [1.54, 1.807) is 50.4 Å². The molecule has 0 fully saturated rings. The number of nitrogens with zero attached hydrogens (tertiary/aromatic N) is 5. The van der Waals surface area contributed by atoms with Crippen molar-refractivity contribution in [3.8, 4) is 16.9 Å². The van der Waals surface area contributed by atoms with E-state index >= 15 is 0 Å². The minimum Gasteiger partial charge on any atom is -0.324 e. The van der Waals surface area contributed by atoms with Crippen molar-refractivity contribution >= 4 is 23.2 Å². The maximum Gasteiger partial charge on any atom is 0.255 e. The van der Waals surface area contributed by atoms with E-state index in [1.165, 1.54) is 17.7 Å². The van der Waals surface area contributed by atoms with Gasteiger partial charge in [0.25, 0.3) is 5.91 Å². The fourth-order valence-corrected chi connectivity index (χ4v) is 3.42. The first-order valence-corrected chi connectivity index (χ1v) is 11.0. The predicted molar refractivity (Wildman–Crippen MR) is 141 cm³/mol. The van der Waals surface area contributed by atoms with Gasteiger partial charge in [-0.1, -0.05) is 6.04 Å². The molecule has 0 saturated heterocycles. The Bertz CT molecular complexity index is 1910. The molecule has 2 N–H and O–H groups in total. The summed E-state index contributed by atoms with van der Waals surface area (Å²) in [5.74, 6) is -0.946. The summed E-state index contributed by atoms with van der Waals surface area (Å²) in [6.45, 7) is 4.92. The molecule has 0 spiro atoms. The third-order valence-corrected chi connectivity index (χ3v) is 5.12. The lowest BCUT2D eigenvalue weighted by molar-refractivity contribution is 0.102. The summed E-state index contributed by atoms with van der Waals surface area (Å²) in [4.78, 5) is 29.9. The van der Waals surface area contributed by atoms with Crippen molar-refractivity contribution in [1.82, 2.24) is 24.5 Å². The summed E-state index contributed by atoms with van der Waals surface area (Å²) in [5, 5.41) is 5.51. The number of hydrogen-bond donors (Lipinski definition) is 2. The van der Waals surface area contributed by atoms with Crippen molar-refractivity contribution in [3.63, 3.8) is 0 Å². The molecule has 3 aromatic heterocycles. The van der Waals surface area contributed by atoms with Gasteiger partial charge in [-0.25, -0.2) is 15.0 Å². The Morgan fingerprint density at radius 2 is 1.97 bits per heavy atom. The van der Waals surface area contributed by atoms with Gasteiger partial charge in [-0.15, -0.1) is 0 Å². The molecule has 0 aliphatic heterocycles. The van der Waals surface area contributed by atoms with E-state index in [0.717, 1.165) is 0 Å². The molecular weight excluding hydrogens is 450 g/mol. The Balaban J connectivity index is 1.53. The van der Waals surface area contributed by atoms with Crippen molar-refractivity contribution in [1.29, 1.82) is 0 Å². The molecule has 0 radical (unpaired) electrons. The molecule has 3 heterocycles. The highest BCUT2D eigenvalue weighted by atomic mass is 16.1. The van der Waals surface area contributed by atoms with E-state index in [9.17, 15) is 4.79 Å². The van der Waals surface area contributed by atoms with E-state index in [2.05, 4.69) is 30.6 Å². The van der Waals surface area contributed by atoms with Gasteiger partial charge in [0.2, 0.25) is 5.95 Å². The van der Waals surface area contributed by atoms with Gasteiger partial charge >= 0.3 is 0 Å². The number of carbonyl (C=O) groups excluding carboxylic acids is 1. The molecule has 36 heavy (non-hydrogen) atoms. The lowest BCUT2D eigenvalue weighted by Gasteiger charge is -2.13. The summed E-state index contributed by atoms with van der Waals surface area (Å²) < 4.78 is 59.9. The number of aromatic nitrogens is 5. The van der Waals surface area contributed by atoms with Crippen LogP contribution in [0.4, 0.5) is 17.3 Å². The van der Waals surface area contributed by atoms with Gasteiger partial charge in [0.15, 0.2) is 0 Å². The van der Waals surface area contributed by atoms with Gasteiger partial charge in [-0.3, -0.25) is 9.78 Å². The Labute approximate surface area is 219 Å². The molecule has 8 nitrogen and oxygen atoms in total. The van der Waals surface area contributed by atoms with Crippen LogP contribution in [-0.2, 0) is 0 Å². The second-order valence-corrected chi connectivity index (χ2v) is 8.01. The number of hydrogen-bond acceptors (Lipinski definition) is 6. The van der Waals surface area contributed by atoms with E-state index in [0.29, 0.717) is 28.2 Å². The Morgan fingerprint density at radius 3 is 2.75 bits per heavy atom. The van der Waals surface area contributed by atoms with Crippen molar-refractivity contribution < 1.29 is 14.4 Å². The molecule has 8 heteroatoms. The van der Waals surface area contributed by atoms with Crippen LogP contribution in [0.3, 0.4) is 0 Å². The lowest BCUT2D eigenvalue weighted by Crippen LogP contribution is -2.13. The number of rotatable bonds is 6. The van der Waals surface area contributed by atoms with E-state index in [-0.39, 0.29) is 65.2 Å². The third kappa shape index (κ3) is 5.12. The fraction of sp³-hybridized carbons (Fsp3) is 0.107. The number of pyridine rings is 1. The first-order chi connectivity index (χ1) is 20.4. The number of aryl methyl sites for hydroxylation is 2. The molecule has 5 rings (SSSR count). The smallest absolute Gasteiger partial charge is 0.255 e. The molecule has 2 aromatic carbocycles. The highest BCUT2D eigenvalue weighted by molar-refractivity contribution is 6.05. The van der Waals surface area contributed by atoms with Crippen LogP contribution in [0.25, 0.3) is 16.9 Å². The minimum atomic E-state index is -0.818. The van der Waals surface area contributed by atoms with Gasteiger partial charge in [-0.2, -0.15) is 0 Å². The first-order valence-electron chi connectivity index (χ1n) is 14.5. The maximum absolute atomic E-state index is 13.5. The molecule has 0 unspecified atom stereocenters. The van der Waals surface area contributed by atoms with Crippen molar-refractivity contribution in [2.24, 2.45) is 0 Å². The zero-order valence-electron chi connectivity index (χ0n) is 26.7. The molecular formula is C28H25N7O. The lowest BCUT2D eigenvalue weighted by atomic mass is 10.1. The summed E-state index contributed by atoms with van der Waals surface area (Å²) in [5.41, 5.74) is 2.25. The predicted octanol–water partition coefficient (Wildman–Crippen LogP) is 5.65. The van der Waals surface area contributed by atoms with Gasteiger partial charge in [0.1, 0.15) is 1.37 Å². The SMILES string of the molecule is [2H]c1nc(Nc2c([2H])c(C(=O)Nc3cc(C)cc(-n4c([2H])nc(C)c4[2H])c3)c([2H])c([2H])c2C)nc(-c2cccnc2)c1[2H]. The highest BCUT2D eigenvalue weighted by Crippen LogP contribution is 2.24. The zero-order chi connectivity index (χ0) is 31.2. The number of imidazole rings is 1. The van der Waals surface area contributed by atoms with E-state index in [1.807, 2.05) is 0 Å². The Morgan fingerprint density at radius 1 is 1.08 bits per heavy atom. The Hall–Kier alpha value is -4.85. The van der Waals surface area contributed by atoms with E-state index < -0.39 is 11.9 Å². The summed E-state index contributed by atoms with van der Waals surface area (Å²) in [7, 11) is 0. The molecule has 1 amide bonds. The standard InChI is InChI=1S/C28H25N7O/c1-18-11-23(14-24(12-18)35-16-20(3)31-17-35)32-27(36)21-7-6-19(2)26(13-21)34-28-30-10-8-25(33-28)22-5-4-9-29-15-22/h4-17H,1-3H3,(H,32,36)(H,30,33,34)/i6D,7D,8D,10D,13D,16D,17D. The van der Waals surface area contributed by atoms with Gasteiger partial charge in [-0.05, 0) is 80.4 Å². The van der Waals surface area contributed by atoms with Crippen LogP contribution in [0, 0.1) is 20.8 Å². The summed E-state index contributed by atoms with van der Waals surface area (Å²) in [6, 6.07) is 6.93. The summed E-state index contributed by atoms with van der Waals surface area (Å²) in [6.07, 6.45) is 2.57. The number of benzene rings is 2. The molecule has 0 bridgehead atoms. The number of amides is 1. The molecule has 0 aliphatic rings. The van der Waals surface area contributed by atoms with Crippen molar-refractivity contribution in [2.45, 2.75) is 20.8 Å². The second-order valence-electron chi connectivity index (χ2n) is 8.01. The van der Waals surface area contributed by atoms with Crippen LogP contribution in [0.2, 0.25) is 0 Å². The molecule has 178 valence electrons. The van der Waals surface area contributed by atoms with Gasteiger partial charge in [0, 0.05) is 52.9 Å². The molecule has 0 aliphatic carbocycles. The average molecular weight is 483 g/mol. The van der Waals surface area contributed by atoms with Crippen LogP contribution in [0.1, 0.15) is 36.8 Å². The quantitative estimate of drug-likeness (QED) is 0.325. The van der Waals surface area contributed by atoms with Crippen LogP contribution in [0.5, 0.6) is 0 Å². The second kappa shape index (κ2) is 9.79. The third-order valence-electron chi connectivity index (χ3n) is 5.12. The van der Waals surface area contributed by atoms with Crippen molar-refractivity contribution in [2.75, 3.05) is 10.6 Å². The monoisotopic (exact) mass is 482 g/mol. The topological polar surface area (TPSA) is 97.6 Å². The number of carbonyl (C=O) groups is 1. The number of anilines is 3. The maximum atomic E-state index is 13.5. The average Bonchev–Trinajstić information content (AvgIpc) is 3.22. The van der Waals surface area contributed by atoms with Gasteiger partial charge < -0.3 is 15.2 Å². The molecule has 0 saturated carbocycles. The van der Waals surface area contributed by atoms with E-state index in [4.69, 9.17) is 9.60 Å². The largest absolute Gasteiger partial charge is 0.324 e. The highest BCUT2D eigenvalue weighted by Gasteiger charge is 2.12. The molecule has 5 aromatic rings. The minimum absolute atomic E-state index is 0.00284. The van der Waals surface area contributed by atoms with Crippen molar-refractivity contribution in [3.05, 3.63) is 108 Å². The van der Waals surface area contributed by atoms with Crippen LogP contribution >= 0.6 is 0 Å². The first kappa shape index (κ1) is 15.9. The van der Waals surface area contributed by atoms with Gasteiger partial charge in [0.05, 0.1) is 25.9 Å². The van der Waals surface area contributed by atoms with Crippen LogP contribution in [0.15, 0.2) is 85.5 Å². The summed E-state index contributed by atoms with van der Waals surface area (Å²) >= 11 is 0. The zero-order valence-corrected chi connectivity index (χ0v) is 19.7. The normalized spacial score (nSPS) is 13.5. The van der Waals surface area contributed by atoms with Crippen LogP contribution in [-0.4, -0.2) is 30.4 Å². The number of nitrogens with one attached hydrogen (secondary N) is 2. The molecule has 0 atom stereocenters. The fourth-order valence-electron chi connectivity index (χ4n) is 3.42. The Kier molecular flexibility index (Phi) is 4.34.